The Morgan fingerprint density at radius 1 is 0.762 bits per heavy atom. The minimum atomic E-state index is -0.642. The summed E-state index contributed by atoms with van der Waals surface area (Å²) in [4.78, 5) is 30.8. The Labute approximate surface area is 250 Å². The first kappa shape index (κ1) is 24.4. The van der Waals surface area contributed by atoms with Crippen LogP contribution in [-0.2, 0) is 16.1 Å². The Morgan fingerprint density at radius 2 is 1.48 bits per heavy atom. The summed E-state index contributed by atoms with van der Waals surface area (Å²) in [7, 11) is 0. The van der Waals surface area contributed by atoms with Gasteiger partial charge in [0.05, 0.1) is 16.1 Å². The maximum Gasteiger partial charge on any atom is 0.266 e. The van der Waals surface area contributed by atoms with Crippen molar-refractivity contribution in [2.45, 2.75) is 37.1 Å². The van der Waals surface area contributed by atoms with Crippen molar-refractivity contribution in [3.63, 3.8) is 0 Å². The number of carbonyl (C=O) groups excluding carboxylic acids is 2. The molecule has 4 aliphatic rings. The smallest absolute Gasteiger partial charge is 0.266 e. The molecule has 0 bridgehead atoms. The normalized spacial score (nSPS) is 20.3. The van der Waals surface area contributed by atoms with Crippen LogP contribution in [0.25, 0.3) is 37.3 Å². The van der Waals surface area contributed by atoms with Gasteiger partial charge in [-0.3, -0.25) is 9.59 Å². The molecule has 9 rings (SSSR count). The van der Waals surface area contributed by atoms with Gasteiger partial charge in [0.2, 0.25) is 17.1 Å². The first-order valence-electron chi connectivity index (χ1n) is 14.4. The molecule has 5 nitrogen and oxygen atoms in total. The number of anilines is 1. The number of hydrogen-bond acceptors (Lipinski definition) is 6. The van der Waals surface area contributed by atoms with E-state index in [1.165, 1.54) is 0 Å². The van der Waals surface area contributed by atoms with Gasteiger partial charge in [0.1, 0.15) is 4.70 Å². The number of thiazole rings is 1. The zero-order valence-electron chi connectivity index (χ0n) is 22.6. The van der Waals surface area contributed by atoms with Crippen LogP contribution in [-0.4, -0.2) is 18.1 Å². The summed E-state index contributed by atoms with van der Waals surface area (Å²) in [5.74, 6) is -1.67. The lowest BCUT2D eigenvalue weighted by Crippen LogP contribution is -2.39. The zero-order valence-corrected chi connectivity index (χ0v) is 24.2. The first-order chi connectivity index (χ1) is 20.6. The molecular formula is C35H24N2O3S2. The number of hydrogen-bond donors (Lipinski definition) is 0. The number of aryl methyl sites for hydroxylation is 1. The van der Waals surface area contributed by atoms with Crippen LogP contribution in [0.2, 0.25) is 0 Å². The van der Waals surface area contributed by atoms with E-state index in [0.717, 1.165) is 89.5 Å². The number of ketones is 2. The number of carbonyl (C=O) groups is 2. The number of benzene rings is 4. The molecule has 0 amide bonds. The molecular weight excluding hydrogens is 561 g/mol. The van der Waals surface area contributed by atoms with Crippen molar-refractivity contribution in [1.82, 2.24) is 0 Å². The minimum Gasteiger partial charge on any atom is -0.871 e. The molecule has 1 aromatic heterocycles. The number of Topliss-reactive ketones (excluding diaryl/α,β-unsaturated/α-hetero) is 2. The first-order valence-corrected chi connectivity index (χ1v) is 16.0. The van der Waals surface area contributed by atoms with E-state index in [-0.39, 0.29) is 16.9 Å². The summed E-state index contributed by atoms with van der Waals surface area (Å²) in [5, 5.41) is 20.7. The maximum absolute atomic E-state index is 14.2. The van der Waals surface area contributed by atoms with E-state index in [1.807, 2.05) is 24.3 Å². The Kier molecular flexibility index (Phi) is 5.17. The lowest BCUT2D eigenvalue weighted by molar-refractivity contribution is -0.671. The molecule has 5 aromatic rings. The van der Waals surface area contributed by atoms with Crippen LogP contribution in [0.3, 0.4) is 0 Å². The van der Waals surface area contributed by atoms with Crippen molar-refractivity contribution in [2.24, 2.45) is 0 Å². The van der Waals surface area contributed by atoms with Gasteiger partial charge in [-0.25, -0.2) is 0 Å². The molecule has 0 saturated carbocycles. The van der Waals surface area contributed by atoms with E-state index in [4.69, 9.17) is 0 Å². The number of thioether (sulfide) groups is 1. The Hall–Kier alpha value is -4.20. The second kappa shape index (κ2) is 8.90. The molecule has 0 radical (unpaired) electrons. The minimum absolute atomic E-state index is 0.0931. The van der Waals surface area contributed by atoms with Crippen LogP contribution in [0, 0.1) is 0 Å². The Balaban J connectivity index is 1.24. The number of allylic oxidation sites excluding steroid dienone is 4. The van der Waals surface area contributed by atoms with Crippen molar-refractivity contribution in [3.05, 3.63) is 105 Å². The highest BCUT2D eigenvalue weighted by molar-refractivity contribution is 8.03. The lowest BCUT2D eigenvalue weighted by Gasteiger charge is -2.30. The average Bonchev–Trinajstić information content (AvgIpc) is 3.67. The summed E-state index contributed by atoms with van der Waals surface area (Å²) < 4.78 is 3.38. The van der Waals surface area contributed by atoms with Crippen LogP contribution in [0.15, 0.2) is 105 Å². The Morgan fingerprint density at radius 3 is 2.33 bits per heavy atom. The third-order valence-electron chi connectivity index (χ3n) is 9.02. The molecule has 42 heavy (non-hydrogen) atoms. The van der Waals surface area contributed by atoms with E-state index in [0.29, 0.717) is 12.8 Å². The standard InChI is InChI=1S/C35H24N2O3S2/c38-31-27(23-11-5-17-36-29-21-9-3-1-7-19(21)13-15-25(29)41-34(23)36)32(39)33(40)28(31)24-12-6-18-37-30-22-10-4-2-8-20(22)14-16-26(30)42-35(24)37/h1-4,7-10,13-16H,5-6,11-12,17-18H2. The largest absolute Gasteiger partial charge is 0.871 e. The summed E-state index contributed by atoms with van der Waals surface area (Å²) in [6, 6.07) is 25.1. The van der Waals surface area contributed by atoms with Crippen LogP contribution >= 0.6 is 23.1 Å². The molecule has 4 heterocycles. The van der Waals surface area contributed by atoms with Crippen molar-refractivity contribution in [1.29, 1.82) is 0 Å². The van der Waals surface area contributed by atoms with E-state index in [1.54, 1.807) is 23.1 Å². The van der Waals surface area contributed by atoms with Crippen molar-refractivity contribution in [3.8, 4) is 0 Å². The van der Waals surface area contributed by atoms with Gasteiger partial charge >= 0.3 is 0 Å². The van der Waals surface area contributed by atoms with Crippen LogP contribution in [0.5, 0.6) is 0 Å². The molecule has 7 heteroatoms. The molecule has 3 aliphatic heterocycles. The van der Waals surface area contributed by atoms with Gasteiger partial charge in [-0.15, -0.1) is 0 Å². The summed E-state index contributed by atoms with van der Waals surface area (Å²) in [5.41, 5.74) is 3.93. The van der Waals surface area contributed by atoms with Crippen molar-refractivity contribution in [2.75, 3.05) is 11.4 Å². The molecule has 0 N–H and O–H groups in total. The molecule has 0 saturated heterocycles. The molecule has 0 spiro atoms. The molecule has 4 aromatic carbocycles. The maximum atomic E-state index is 14.2. The zero-order chi connectivity index (χ0) is 28.1. The summed E-state index contributed by atoms with van der Waals surface area (Å²) in [6.45, 7) is 1.64. The van der Waals surface area contributed by atoms with E-state index >= 15 is 0 Å². The number of nitrogens with zero attached hydrogens (tertiary/aromatic N) is 2. The van der Waals surface area contributed by atoms with E-state index < -0.39 is 11.6 Å². The average molecular weight is 585 g/mol. The highest BCUT2D eigenvalue weighted by Crippen LogP contribution is 2.54. The SMILES string of the molecule is O=C1C(=O)/C(=C2\CCC[n+]3c2sc2ccc4ccccc4c23)C([O-])=C1C1=C2Sc3ccc4ccccc4c3N2CCC1. The van der Waals surface area contributed by atoms with Crippen molar-refractivity contribution >= 4 is 77.7 Å². The highest BCUT2D eigenvalue weighted by atomic mass is 32.2. The van der Waals surface area contributed by atoms with Gasteiger partial charge < -0.3 is 10.0 Å². The predicted octanol–water partition coefficient (Wildman–Crippen LogP) is 6.43. The van der Waals surface area contributed by atoms with Gasteiger partial charge in [-0.1, -0.05) is 83.5 Å². The fraction of sp³-hybridized carbons (Fsp3) is 0.171. The quantitative estimate of drug-likeness (QED) is 0.129. The van der Waals surface area contributed by atoms with Crippen LogP contribution in [0.4, 0.5) is 5.69 Å². The van der Waals surface area contributed by atoms with Crippen LogP contribution < -0.4 is 14.6 Å². The fourth-order valence-corrected chi connectivity index (χ4v) is 9.76. The van der Waals surface area contributed by atoms with Gasteiger partial charge in [-0.2, -0.15) is 4.57 Å². The highest BCUT2D eigenvalue weighted by Gasteiger charge is 2.42. The summed E-state index contributed by atoms with van der Waals surface area (Å²) >= 11 is 3.23. The molecule has 0 atom stereocenters. The number of rotatable bonds is 1. The third kappa shape index (κ3) is 3.23. The number of aromatic nitrogens is 1. The Bertz CT molecular complexity index is 2190. The van der Waals surface area contributed by atoms with E-state index in [9.17, 15) is 14.7 Å². The van der Waals surface area contributed by atoms with Crippen LogP contribution in [0.1, 0.15) is 30.7 Å². The lowest BCUT2D eigenvalue weighted by atomic mass is 9.96. The van der Waals surface area contributed by atoms with Gasteiger partial charge in [0.25, 0.3) is 5.01 Å². The molecule has 1 aliphatic carbocycles. The van der Waals surface area contributed by atoms with Gasteiger partial charge in [-0.05, 0) is 53.8 Å². The fourth-order valence-electron chi connectivity index (χ4n) is 7.20. The van der Waals surface area contributed by atoms with Crippen molar-refractivity contribution < 1.29 is 19.3 Å². The van der Waals surface area contributed by atoms with Gasteiger partial charge in [0.15, 0.2) is 6.54 Å². The molecule has 0 fully saturated rings. The number of fused-ring (bicyclic) bond motifs is 10. The second-order valence-corrected chi connectivity index (χ2v) is 13.3. The third-order valence-corrected chi connectivity index (χ3v) is 11.4. The monoisotopic (exact) mass is 584 g/mol. The molecule has 204 valence electrons. The van der Waals surface area contributed by atoms with E-state index in [2.05, 4.69) is 58.0 Å². The topological polar surface area (TPSA) is 64.3 Å². The molecule has 0 unspecified atom stereocenters. The van der Waals surface area contributed by atoms with Gasteiger partial charge in [0, 0.05) is 40.0 Å². The predicted molar refractivity (Wildman–Crippen MR) is 166 cm³/mol. The second-order valence-electron chi connectivity index (χ2n) is 11.3. The summed E-state index contributed by atoms with van der Waals surface area (Å²) in [6.07, 6.45) is 2.86.